The number of hydrogen-bond acceptors (Lipinski definition) is 5. The molecule has 0 aliphatic rings. The molecule has 1 heterocycles. The van der Waals surface area contributed by atoms with Crippen molar-refractivity contribution >= 4 is 5.91 Å². The van der Waals surface area contributed by atoms with Gasteiger partial charge in [-0.25, -0.2) is 4.68 Å². The number of aryl methyl sites for hydroxylation is 1. The molecule has 1 amide bonds. The Balaban J connectivity index is 1.32. The number of nitrogens with one attached hydrogen (secondary N) is 1. The van der Waals surface area contributed by atoms with Gasteiger partial charge in [-0.3, -0.25) is 4.79 Å². The van der Waals surface area contributed by atoms with Crippen LogP contribution in [0.5, 0.6) is 5.75 Å². The van der Waals surface area contributed by atoms with Crippen LogP contribution in [0.2, 0.25) is 0 Å². The number of rotatable bonds is 7. The third kappa shape index (κ3) is 4.70. The first kappa shape index (κ1) is 19.3. The lowest BCUT2D eigenvalue weighted by atomic mass is 10.1. The molecule has 1 N–H and O–H groups in total. The lowest BCUT2D eigenvalue weighted by molar-refractivity contribution is 0.0951. The minimum atomic E-state index is -0.127. The highest BCUT2D eigenvalue weighted by molar-refractivity contribution is 5.94. The molecule has 0 saturated carbocycles. The van der Waals surface area contributed by atoms with Crippen molar-refractivity contribution in [1.82, 2.24) is 25.5 Å². The van der Waals surface area contributed by atoms with Crippen molar-refractivity contribution in [2.24, 2.45) is 0 Å². The van der Waals surface area contributed by atoms with Gasteiger partial charge in [0.1, 0.15) is 18.7 Å². The van der Waals surface area contributed by atoms with Crippen LogP contribution >= 0.6 is 0 Å². The predicted molar refractivity (Wildman–Crippen MR) is 112 cm³/mol. The molecule has 0 bridgehead atoms. The fourth-order valence-corrected chi connectivity index (χ4v) is 3.05. The maximum atomic E-state index is 12.5. The molecule has 0 atom stereocenters. The monoisotopic (exact) mass is 399 g/mol. The Hall–Kier alpha value is -4.00. The topological polar surface area (TPSA) is 81.9 Å². The lowest BCUT2D eigenvalue weighted by Crippen LogP contribution is -2.23. The lowest BCUT2D eigenvalue weighted by Gasteiger charge is -2.10. The maximum Gasteiger partial charge on any atom is 0.251 e. The number of carbonyl (C=O) groups is 1. The molecule has 3 aromatic carbocycles. The van der Waals surface area contributed by atoms with E-state index in [9.17, 15) is 4.79 Å². The molecule has 7 nitrogen and oxygen atoms in total. The summed E-state index contributed by atoms with van der Waals surface area (Å²) < 4.78 is 7.32. The van der Waals surface area contributed by atoms with E-state index in [0.717, 1.165) is 28.1 Å². The molecule has 0 saturated heterocycles. The van der Waals surface area contributed by atoms with Gasteiger partial charge in [-0.1, -0.05) is 42.5 Å². The largest absolute Gasteiger partial charge is 0.489 e. The second-order valence-electron chi connectivity index (χ2n) is 6.86. The highest BCUT2D eigenvalue weighted by Crippen LogP contribution is 2.15. The van der Waals surface area contributed by atoms with Crippen LogP contribution in [-0.4, -0.2) is 26.1 Å². The summed E-state index contributed by atoms with van der Waals surface area (Å²) in [5.74, 6) is 0.716. The summed E-state index contributed by atoms with van der Waals surface area (Å²) in [5, 5.41) is 14.1. The van der Waals surface area contributed by atoms with Gasteiger partial charge in [-0.05, 0) is 64.4 Å². The molecule has 0 spiro atoms. The van der Waals surface area contributed by atoms with Gasteiger partial charge in [0.15, 0.2) is 0 Å². The number of tetrazole rings is 1. The summed E-state index contributed by atoms with van der Waals surface area (Å²) in [6.07, 6.45) is 1.52. The zero-order chi connectivity index (χ0) is 20.8. The Morgan fingerprint density at radius 1 is 1.00 bits per heavy atom. The average Bonchev–Trinajstić information content (AvgIpc) is 3.32. The Morgan fingerprint density at radius 2 is 1.77 bits per heavy atom. The van der Waals surface area contributed by atoms with Gasteiger partial charge in [-0.2, -0.15) is 0 Å². The van der Waals surface area contributed by atoms with Gasteiger partial charge in [0.2, 0.25) is 0 Å². The minimum absolute atomic E-state index is 0.127. The number of hydrogen-bond donors (Lipinski definition) is 1. The van der Waals surface area contributed by atoms with Crippen molar-refractivity contribution in [1.29, 1.82) is 0 Å². The van der Waals surface area contributed by atoms with Crippen LogP contribution in [0.1, 0.15) is 27.0 Å². The van der Waals surface area contributed by atoms with E-state index in [0.29, 0.717) is 18.7 Å². The van der Waals surface area contributed by atoms with Crippen LogP contribution in [-0.2, 0) is 13.2 Å². The second-order valence-corrected chi connectivity index (χ2v) is 6.86. The van der Waals surface area contributed by atoms with Gasteiger partial charge >= 0.3 is 0 Å². The molecule has 4 aromatic rings. The molecule has 150 valence electrons. The molecule has 30 heavy (non-hydrogen) atoms. The molecule has 0 aliphatic carbocycles. The van der Waals surface area contributed by atoms with E-state index in [-0.39, 0.29) is 5.91 Å². The van der Waals surface area contributed by atoms with Crippen LogP contribution in [0.15, 0.2) is 79.1 Å². The number of para-hydroxylation sites is 1. The van der Waals surface area contributed by atoms with E-state index in [1.807, 2.05) is 73.7 Å². The van der Waals surface area contributed by atoms with E-state index in [1.54, 1.807) is 10.7 Å². The number of aromatic nitrogens is 4. The van der Waals surface area contributed by atoms with Gasteiger partial charge < -0.3 is 10.1 Å². The van der Waals surface area contributed by atoms with Crippen LogP contribution < -0.4 is 10.1 Å². The first-order valence-corrected chi connectivity index (χ1v) is 9.57. The summed E-state index contributed by atoms with van der Waals surface area (Å²) in [7, 11) is 0. The van der Waals surface area contributed by atoms with E-state index in [1.165, 1.54) is 6.33 Å². The van der Waals surface area contributed by atoms with Gasteiger partial charge in [0.05, 0.1) is 5.69 Å². The zero-order valence-corrected chi connectivity index (χ0v) is 16.5. The van der Waals surface area contributed by atoms with Gasteiger partial charge in [0.25, 0.3) is 5.91 Å². The molecule has 0 radical (unpaired) electrons. The maximum absolute atomic E-state index is 12.5. The number of carbonyl (C=O) groups excluding carboxylic acids is 1. The Bertz CT molecular complexity index is 1110. The van der Waals surface area contributed by atoms with Gasteiger partial charge in [-0.15, -0.1) is 5.10 Å². The van der Waals surface area contributed by atoms with Crippen LogP contribution in [0, 0.1) is 6.92 Å². The number of ether oxygens (including phenoxy) is 1. The van der Waals surface area contributed by atoms with Crippen molar-refractivity contribution in [2.75, 3.05) is 0 Å². The highest BCUT2D eigenvalue weighted by Gasteiger charge is 2.09. The normalized spacial score (nSPS) is 10.6. The van der Waals surface area contributed by atoms with Crippen LogP contribution in [0.25, 0.3) is 5.69 Å². The van der Waals surface area contributed by atoms with E-state index >= 15 is 0 Å². The van der Waals surface area contributed by atoms with Crippen LogP contribution in [0.4, 0.5) is 0 Å². The first-order chi connectivity index (χ1) is 14.7. The minimum Gasteiger partial charge on any atom is -0.489 e. The first-order valence-electron chi connectivity index (χ1n) is 9.57. The SMILES string of the molecule is Cc1cc(C(=O)NCc2ccc(COc3ccccc3)cc2)ccc1-n1cnnn1. The number of benzene rings is 3. The van der Waals surface area contributed by atoms with E-state index in [4.69, 9.17) is 4.74 Å². The molecule has 0 aliphatic heterocycles. The summed E-state index contributed by atoms with van der Waals surface area (Å²) in [4.78, 5) is 12.5. The smallest absolute Gasteiger partial charge is 0.251 e. The predicted octanol–water partition coefficient (Wildman–Crippen LogP) is 3.48. The Labute approximate surface area is 174 Å². The third-order valence-electron chi connectivity index (χ3n) is 4.68. The molecule has 0 unspecified atom stereocenters. The highest BCUT2D eigenvalue weighted by atomic mass is 16.5. The average molecular weight is 399 g/mol. The van der Waals surface area contributed by atoms with Crippen molar-refractivity contribution in [2.45, 2.75) is 20.1 Å². The molecular weight excluding hydrogens is 378 g/mol. The summed E-state index contributed by atoms with van der Waals surface area (Å²) in [5.41, 5.74) is 4.44. The molecule has 7 heteroatoms. The third-order valence-corrected chi connectivity index (χ3v) is 4.68. The molecular formula is C23H21N5O2. The zero-order valence-electron chi connectivity index (χ0n) is 16.5. The molecule has 4 rings (SSSR count). The molecule has 0 fully saturated rings. The summed E-state index contributed by atoms with van der Waals surface area (Å²) in [6, 6.07) is 23.2. The number of nitrogens with zero attached hydrogens (tertiary/aromatic N) is 4. The molecule has 1 aromatic heterocycles. The van der Waals surface area contributed by atoms with Crippen molar-refractivity contribution in [3.05, 3.63) is 101 Å². The Kier molecular flexibility index (Phi) is 5.80. The van der Waals surface area contributed by atoms with E-state index in [2.05, 4.69) is 20.8 Å². The van der Waals surface area contributed by atoms with Crippen molar-refractivity contribution < 1.29 is 9.53 Å². The van der Waals surface area contributed by atoms with Gasteiger partial charge in [0, 0.05) is 12.1 Å². The van der Waals surface area contributed by atoms with Crippen molar-refractivity contribution in [3.63, 3.8) is 0 Å². The quantitative estimate of drug-likeness (QED) is 0.515. The number of amides is 1. The van der Waals surface area contributed by atoms with E-state index < -0.39 is 0 Å². The Morgan fingerprint density at radius 3 is 2.47 bits per heavy atom. The second kappa shape index (κ2) is 9.00. The fraction of sp³-hybridized carbons (Fsp3) is 0.130. The summed E-state index contributed by atoms with van der Waals surface area (Å²) in [6.45, 7) is 2.88. The fourth-order valence-electron chi connectivity index (χ4n) is 3.05. The van der Waals surface area contributed by atoms with Crippen LogP contribution in [0.3, 0.4) is 0 Å². The summed E-state index contributed by atoms with van der Waals surface area (Å²) >= 11 is 0. The van der Waals surface area contributed by atoms with Crippen molar-refractivity contribution in [3.8, 4) is 11.4 Å². The standard InChI is InChI=1S/C23H21N5O2/c1-17-13-20(11-12-22(17)28-16-25-26-27-28)23(29)24-14-18-7-9-19(10-8-18)15-30-21-5-3-2-4-6-21/h2-13,16H,14-15H2,1H3,(H,24,29).